The second kappa shape index (κ2) is 2.49. The molecule has 2 rings (SSSR count). The van der Waals surface area contributed by atoms with Gasteiger partial charge < -0.3 is 0 Å². The van der Waals surface area contributed by atoms with Crippen LogP contribution in [0.3, 0.4) is 0 Å². The highest BCUT2D eigenvalue weighted by Crippen LogP contribution is 2.60. The van der Waals surface area contributed by atoms with Crippen LogP contribution in [-0.2, 0) is 0 Å². The Kier molecular flexibility index (Phi) is 1.79. The van der Waals surface area contributed by atoms with Crippen LogP contribution in [0, 0.1) is 16.7 Å². The van der Waals surface area contributed by atoms with E-state index in [0.29, 0.717) is 5.41 Å². The van der Waals surface area contributed by atoms with E-state index in [1.54, 1.807) is 12.8 Å². The van der Waals surface area contributed by atoms with Crippen molar-refractivity contribution in [1.82, 2.24) is 0 Å². The van der Waals surface area contributed by atoms with Crippen molar-refractivity contribution in [3.05, 3.63) is 0 Å². The predicted molar refractivity (Wildman–Crippen MR) is 53.1 cm³/mol. The summed E-state index contributed by atoms with van der Waals surface area (Å²) in [5.74, 6) is 1.02. The van der Waals surface area contributed by atoms with Gasteiger partial charge in [-0.1, -0.05) is 33.6 Å². The van der Waals surface area contributed by atoms with E-state index in [4.69, 9.17) is 0 Å². The van der Waals surface area contributed by atoms with Gasteiger partial charge in [0.2, 0.25) is 0 Å². The molecule has 2 saturated carbocycles. The lowest BCUT2D eigenvalue weighted by Gasteiger charge is -2.51. The lowest BCUT2D eigenvalue weighted by Crippen LogP contribution is -2.41. The third kappa shape index (κ3) is 1.30. The van der Waals surface area contributed by atoms with Gasteiger partial charge in [0.05, 0.1) is 0 Å². The minimum atomic E-state index is 0.577. The summed E-state index contributed by atoms with van der Waals surface area (Å²) in [5, 5.41) is 0. The summed E-state index contributed by atoms with van der Waals surface area (Å²) in [7, 11) is 0. The van der Waals surface area contributed by atoms with Crippen molar-refractivity contribution in [2.45, 2.75) is 59.3 Å². The van der Waals surface area contributed by atoms with E-state index in [1.807, 2.05) is 0 Å². The van der Waals surface area contributed by atoms with Crippen LogP contribution in [0.5, 0.6) is 0 Å². The maximum atomic E-state index is 2.40. The first-order valence-electron chi connectivity index (χ1n) is 5.52. The Morgan fingerprint density at radius 3 is 1.92 bits per heavy atom. The third-order valence-electron chi connectivity index (χ3n) is 4.25. The molecule has 0 unspecified atom stereocenters. The van der Waals surface area contributed by atoms with Crippen LogP contribution in [0.1, 0.15) is 59.3 Å². The second-order valence-corrected chi connectivity index (χ2v) is 6.18. The summed E-state index contributed by atoms with van der Waals surface area (Å²) in [5.41, 5.74) is 1.42. The minimum Gasteiger partial charge on any atom is -0.0599 e. The number of hydrogen-bond acceptors (Lipinski definition) is 0. The van der Waals surface area contributed by atoms with Crippen LogP contribution in [0.25, 0.3) is 0 Å². The molecule has 0 heterocycles. The summed E-state index contributed by atoms with van der Waals surface area (Å²) in [6, 6.07) is 0. The molecule has 0 aliphatic heterocycles. The molecule has 12 heavy (non-hydrogen) atoms. The van der Waals surface area contributed by atoms with Gasteiger partial charge in [0.25, 0.3) is 0 Å². The fraction of sp³-hybridized carbons (Fsp3) is 1.00. The van der Waals surface area contributed by atoms with Gasteiger partial charge in [0.15, 0.2) is 0 Å². The Morgan fingerprint density at radius 2 is 1.50 bits per heavy atom. The summed E-state index contributed by atoms with van der Waals surface area (Å²) < 4.78 is 0. The predicted octanol–water partition coefficient (Wildman–Crippen LogP) is 4.00. The van der Waals surface area contributed by atoms with Crippen LogP contribution in [-0.4, -0.2) is 0 Å². The SMILES string of the molecule is CC(C)(C)C1CC2(CCCC2)C1. The number of rotatable bonds is 0. The highest BCUT2D eigenvalue weighted by molar-refractivity contribution is 4.99. The smallest absolute Gasteiger partial charge is 0.0292 e. The van der Waals surface area contributed by atoms with Crippen molar-refractivity contribution < 1.29 is 0 Å². The summed E-state index contributed by atoms with van der Waals surface area (Å²) in [6.07, 6.45) is 9.18. The van der Waals surface area contributed by atoms with E-state index in [0.717, 1.165) is 11.3 Å². The first-order valence-corrected chi connectivity index (χ1v) is 5.52. The van der Waals surface area contributed by atoms with Crippen LogP contribution in [0.4, 0.5) is 0 Å². The first-order chi connectivity index (χ1) is 5.52. The maximum Gasteiger partial charge on any atom is -0.0292 e. The quantitative estimate of drug-likeness (QED) is 0.510. The van der Waals surface area contributed by atoms with Crippen molar-refractivity contribution in [1.29, 1.82) is 0 Å². The van der Waals surface area contributed by atoms with Gasteiger partial charge in [-0.2, -0.15) is 0 Å². The van der Waals surface area contributed by atoms with E-state index in [2.05, 4.69) is 20.8 Å². The second-order valence-electron chi connectivity index (χ2n) is 6.18. The molecule has 0 saturated heterocycles. The highest BCUT2D eigenvalue weighted by Gasteiger charge is 2.49. The summed E-state index contributed by atoms with van der Waals surface area (Å²) >= 11 is 0. The van der Waals surface area contributed by atoms with Crippen LogP contribution in [0.2, 0.25) is 0 Å². The molecule has 0 radical (unpaired) electrons. The number of hydrogen-bond donors (Lipinski definition) is 0. The molecule has 1 spiro atoms. The topological polar surface area (TPSA) is 0 Å². The molecule has 70 valence electrons. The van der Waals surface area contributed by atoms with Gasteiger partial charge in [-0.15, -0.1) is 0 Å². The molecule has 2 aliphatic carbocycles. The molecule has 0 atom stereocenters. The molecule has 0 amide bonds. The molecule has 0 aromatic carbocycles. The zero-order chi connectivity index (χ0) is 8.82. The van der Waals surface area contributed by atoms with Gasteiger partial charge in [0, 0.05) is 0 Å². The Morgan fingerprint density at radius 1 is 1.00 bits per heavy atom. The monoisotopic (exact) mass is 166 g/mol. The third-order valence-corrected chi connectivity index (χ3v) is 4.25. The zero-order valence-corrected chi connectivity index (χ0v) is 8.82. The fourth-order valence-electron chi connectivity index (χ4n) is 3.13. The molecule has 0 N–H and O–H groups in total. The minimum absolute atomic E-state index is 0.577. The average Bonchev–Trinajstić information content (AvgIpc) is 2.27. The van der Waals surface area contributed by atoms with Crippen molar-refractivity contribution in [3.63, 3.8) is 0 Å². The molecule has 0 bridgehead atoms. The summed E-state index contributed by atoms with van der Waals surface area (Å²) in [4.78, 5) is 0. The maximum absolute atomic E-state index is 2.40. The van der Waals surface area contributed by atoms with Crippen molar-refractivity contribution in [2.24, 2.45) is 16.7 Å². The van der Waals surface area contributed by atoms with Gasteiger partial charge in [0.1, 0.15) is 0 Å². The lowest BCUT2D eigenvalue weighted by molar-refractivity contribution is -0.00819. The van der Waals surface area contributed by atoms with Gasteiger partial charge in [-0.25, -0.2) is 0 Å². The van der Waals surface area contributed by atoms with Crippen molar-refractivity contribution in [3.8, 4) is 0 Å². The van der Waals surface area contributed by atoms with Gasteiger partial charge in [-0.05, 0) is 42.4 Å². The standard InChI is InChI=1S/C12H22/c1-11(2,3)10-8-12(9-10)6-4-5-7-12/h10H,4-9H2,1-3H3. The van der Waals surface area contributed by atoms with Crippen LogP contribution in [0.15, 0.2) is 0 Å². The van der Waals surface area contributed by atoms with Crippen LogP contribution < -0.4 is 0 Å². The Labute approximate surface area is 76.7 Å². The largest absolute Gasteiger partial charge is 0.0599 e. The van der Waals surface area contributed by atoms with E-state index in [1.165, 1.54) is 25.7 Å². The van der Waals surface area contributed by atoms with Gasteiger partial charge in [-0.3, -0.25) is 0 Å². The zero-order valence-electron chi connectivity index (χ0n) is 8.82. The Balaban J connectivity index is 1.90. The molecular formula is C12H22. The molecule has 0 aromatic rings. The van der Waals surface area contributed by atoms with E-state index in [-0.39, 0.29) is 0 Å². The van der Waals surface area contributed by atoms with Crippen LogP contribution >= 0.6 is 0 Å². The first kappa shape index (κ1) is 8.59. The highest BCUT2D eigenvalue weighted by atomic mass is 14.5. The molecule has 2 fully saturated rings. The normalized spacial score (nSPS) is 29.2. The molecule has 0 nitrogen and oxygen atoms in total. The van der Waals surface area contributed by atoms with E-state index in [9.17, 15) is 0 Å². The molecular weight excluding hydrogens is 144 g/mol. The average molecular weight is 166 g/mol. The summed E-state index contributed by atoms with van der Waals surface area (Å²) in [6.45, 7) is 7.21. The van der Waals surface area contributed by atoms with Gasteiger partial charge >= 0.3 is 0 Å². The van der Waals surface area contributed by atoms with Crippen molar-refractivity contribution >= 4 is 0 Å². The molecule has 2 aliphatic rings. The van der Waals surface area contributed by atoms with Crippen molar-refractivity contribution in [2.75, 3.05) is 0 Å². The Bertz CT molecular complexity index is 159. The Hall–Kier alpha value is 0. The molecule has 0 aromatic heterocycles. The lowest BCUT2D eigenvalue weighted by atomic mass is 9.54. The fourth-order valence-corrected chi connectivity index (χ4v) is 3.13. The van der Waals surface area contributed by atoms with E-state index >= 15 is 0 Å². The van der Waals surface area contributed by atoms with E-state index < -0.39 is 0 Å². The molecule has 0 heteroatoms.